The molecule has 0 unspecified atom stereocenters. The van der Waals surface area contributed by atoms with E-state index < -0.39 is 24.0 Å². The van der Waals surface area contributed by atoms with Gasteiger partial charge in [-0.3, -0.25) is 14.4 Å². The molecule has 0 radical (unpaired) electrons. The Balaban J connectivity index is 1.25. The Morgan fingerprint density at radius 3 is 2.53 bits per heavy atom. The fourth-order valence-corrected chi connectivity index (χ4v) is 6.13. The van der Waals surface area contributed by atoms with E-state index in [0.29, 0.717) is 38.8 Å². The zero-order chi connectivity index (χ0) is 30.0. The van der Waals surface area contributed by atoms with E-state index in [9.17, 15) is 19.6 Å². The lowest BCUT2D eigenvalue weighted by molar-refractivity contribution is -0.577. The van der Waals surface area contributed by atoms with Crippen molar-refractivity contribution in [1.29, 1.82) is 0 Å². The SMILES string of the molecule is CC(=O)OC[C@@H]1OC(C)(C)O[C@H]1Cn1cc(Cn2c3c(c4ccccc42)C(=O)c2c[n+]([O-])c4ccccc4c2C3=O)nn1. The smallest absolute Gasteiger partial charge is 0.302 e. The lowest BCUT2D eigenvalue weighted by Crippen LogP contribution is -2.33. The second-order valence-electron chi connectivity index (χ2n) is 11.2. The van der Waals surface area contributed by atoms with Crippen molar-refractivity contribution in [3.8, 4) is 0 Å². The molecule has 0 spiro atoms. The lowest BCUT2D eigenvalue weighted by atomic mass is 9.85. The summed E-state index contributed by atoms with van der Waals surface area (Å²) in [5.41, 5.74) is 2.37. The minimum Gasteiger partial charge on any atom is -0.618 e. The average Bonchev–Trinajstić information content (AvgIpc) is 3.64. The third-order valence-corrected chi connectivity index (χ3v) is 7.82. The molecule has 0 saturated carbocycles. The minimum absolute atomic E-state index is 0.0467. The Morgan fingerprint density at radius 2 is 1.74 bits per heavy atom. The molecular formula is C31H27N5O7. The summed E-state index contributed by atoms with van der Waals surface area (Å²) in [4.78, 5) is 39.5. The number of fused-ring (bicyclic) bond motifs is 6. The predicted molar refractivity (Wildman–Crippen MR) is 151 cm³/mol. The fraction of sp³-hybridized carbons (Fsp3) is 0.290. The maximum atomic E-state index is 14.2. The van der Waals surface area contributed by atoms with Gasteiger partial charge in [-0.1, -0.05) is 35.5 Å². The first kappa shape index (κ1) is 26.9. The number of carbonyl (C=O) groups is 3. The van der Waals surface area contributed by atoms with Crippen LogP contribution in [0, 0.1) is 5.21 Å². The zero-order valence-electron chi connectivity index (χ0n) is 23.6. The number of hydrogen-bond acceptors (Lipinski definition) is 9. The van der Waals surface area contributed by atoms with Gasteiger partial charge in [-0.2, -0.15) is 4.73 Å². The molecule has 1 saturated heterocycles. The highest BCUT2D eigenvalue weighted by atomic mass is 16.8. The van der Waals surface area contributed by atoms with Crippen LogP contribution in [-0.2, 0) is 32.1 Å². The van der Waals surface area contributed by atoms with Gasteiger partial charge in [0.15, 0.2) is 12.0 Å². The van der Waals surface area contributed by atoms with Gasteiger partial charge in [-0.05, 0) is 26.0 Å². The van der Waals surface area contributed by atoms with Crippen molar-refractivity contribution in [3.63, 3.8) is 0 Å². The molecule has 2 aromatic carbocycles. The summed E-state index contributed by atoms with van der Waals surface area (Å²) in [5.74, 6) is -1.98. The second kappa shape index (κ2) is 9.82. The van der Waals surface area contributed by atoms with Crippen LogP contribution in [-0.4, -0.2) is 61.7 Å². The first-order valence-electron chi connectivity index (χ1n) is 13.8. The number of ketones is 2. The van der Waals surface area contributed by atoms with Gasteiger partial charge < -0.3 is 24.0 Å². The summed E-state index contributed by atoms with van der Waals surface area (Å²) in [6.45, 7) is 5.42. The van der Waals surface area contributed by atoms with Gasteiger partial charge in [0.25, 0.3) is 0 Å². The molecule has 5 aromatic rings. The number of para-hydroxylation sites is 2. The molecule has 7 rings (SSSR count). The van der Waals surface area contributed by atoms with E-state index in [1.54, 1.807) is 59.6 Å². The molecule has 218 valence electrons. The van der Waals surface area contributed by atoms with Crippen LogP contribution in [0.3, 0.4) is 0 Å². The summed E-state index contributed by atoms with van der Waals surface area (Å²) >= 11 is 0. The van der Waals surface area contributed by atoms with Gasteiger partial charge in [0.05, 0.1) is 41.4 Å². The Morgan fingerprint density at radius 1 is 1.02 bits per heavy atom. The molecule has 12 nitrogen and oxygen atoms in total. The molecule has 1 fully saturated rings. The van der Waals surface area contributed by atoms with E-state index in [1.165, 1.54) is 13.1 Å². The number of pyridine rings is 1. The van der Waals surface area contributed by atoms with Gasteiger partial charge in [0.2, 0.25) is 17.1 Å². The standard InChI is InChI=1S/C31H27N5O7/c1-17(37)41-16-25-24(42-31(2,3)43-25)15-34-12-18(32-33-34)13-35-22-10-6-4-8-19(22)27-28(35)30(39)26-20-9-5-7-11-23(20)36(40)14-21(26)29(27)38/h4-12,14,24-25H,13,15-16H2,1-3H3/t24-,25-/m0/s1. The Kier molecular flexibility index (Phi) is 6.15. The molecule has 1 aliphatic heterocycles. The number of ether oxygens (including phenoxy) is 3. The van der Waals surface area contributed by atoms with Crippen LogP contribution in [0.15, 0.2) is 60.9 Å². The monoisotopic (exact) mass is 581 g/mol. The molecule has 0 N–H and O–H groups in total. The van der Waals surface area contributed by atoms with Gasteiger partial charge >= 0.3 is 5.97 Å². The van der Waals surface area contributed by atoms with E-state index >= 15 is 0 Å². The van der Waals surface area contributed by atoms with Crippen molar-refractivity contribution < 1.29 is 33.3 Å². The van der Waals surface area contributed by atoms with Crippen molar-refractivity contribution in [3.05, 3.63) is 94.2 Å². The average molecular weight is 582 g/mol. The van der Waals surface area contributed by atoms with Crippen LogP contribution >= 0.6 is 0 Å². The van der Waals surface area contributed by atoms with Crippen LogP contribution < -0.4 is 4.73 Å². The van der Waals surface area contributed by atoms with Crippen LogP contribution in [0.4, 0.5) is 0 Å². The molecule has 2 atom stereocenters. The first-order chi connectivity index (χ1) is 20.6. The van der Waals surface area contributed by atoms with Gasteiger partial charge in [0.1, 0.15) is 30.2 Å². The number of rotatable bonds is 6. The normalized spacial score (nSPS) is 19.1. The molecular weight excluding hydrogens is 554 g/mol. The molecule has 43 heavy (non-hydrogen) atoms. The molecule has 1 aliphatic carbocycles. The quantitative estimate of drug-likeness (QED) is 0.165. The minimum atomic E-state index is -0.860. The predicted octanol–water partition coefficient (Wildman–Crippen LogP) is 2.93. The van der Waals surface area contributed by atoms with Crippen molar-refractivity contribution in [1.82, 2.24) is 19.6 Å². The molecule has 0 bridgehead atoms. The summed E-state index contributed by atoms with van der Waals surface area (Å²) in [7, 11) is 0. The van der Waals surface area contributed by atoms with Crippen molar-refractivity contribution in [2.45, 2.75) is 51.9 Å². The molecule has 12 heteroatoms. The van der Waals surface area contributed by atoms with Crippen molar-refractivity contribution in [2.24, 2.45) is 0 Å². The second-order valence-corrected chi connectivity index (χ2v) is 11.2. The van der Waals surface area contributed by atoms with E-state index in [2.05, 4.69) is 10.3 Å². The van der Waals surface area contributed by atoms with Crippen molar-refractivity contribution in [2.75, 3.05) is 6.61 Å². The van der Waals surface area contributed by atoms with Crippen LogP contribution in [0.2, 0.25) is 0 Å². The van der Waals surface area contributed by atoms with Gasteiger partial charge in [0, 0.05) is 23.9 Å². The third-order valence-electron chi connectivity index (χ3n) is 7.82. The zero-order valence-corrected chi connectivity index (χ0v) is 23.6. The number of benzene rings is 2. The van der Waals surface area contributed by atoms with Crippen LogP contribution in [0.1, 0.15) is 58.4 Å². The highest BCUT2D eigenvalue weighted by Gasteiger charge is 2.42. The highest BCUT2D eigenvalue weighted by Crippen LogP contribution is 2.37. The van der Waals surface area contributed by atoms with E-state index in [1.807, 2.05) is 18.2 Å². The van der Waals surface area contributed by atoms with E-state index in [4.69, 9.17) is 14.2 Å². The lowest BCUT2D eigenvalue weighted by Gasteiger charge is -2.18. The van der Waals surface area contributed by atoms with Gasteiger partial charge in [-0.25, -0.2) is 4.68 Å². The van der Waals surface area contributed by atoms with Crippen LogP contribution in [0.5, 0.6) is 0 Å². The Labute approximate surface area is 244 Å². The molecule has 2 aliphatic rings. The number of hydrogen-bond donors (Lipinski definition) is 0. The van der Waals surface area contributed by atoms with E-state index in [-0.39, 0.29) is 47.1 Å². The summed E-state index contributed by atoms with van der Waals surface area (Å²) in [5, 5.41) is 22.4. The fourth-order valence-electron chi connectivity index (χ4n) is 6.13. The van der Waals surface area contributed by atoms with Crippen molar-refractivity contribution >= 4 is 39.3 Å². The highest BCUT2D eigenvalue weighted by molar-refractivity contribution is 6.34. The van der Waals surface area contributed by atoms with Gasteiger partial charge in [-0.15, -0.1) is 5.10 Å². The number of carbonyl (C=O) groups excluding carboxylic acids is 3. The Bertz CT molecular complexity index is 1970. The maximum Gasteiger partial charge on any atom is 0.302 e. The molecule has 0 amide bonds. The largest absolute Gasteiger partial charge is 0.618 e. The topological polar surface area (TPSA) is 141 Å². The number of nitrogens with zero attached hydrogens (tertiary/aromatic N) is 5. The third kappa shape index (κ3) is 4.46. The summed E-state index contributed by atoms with van der Waals surface area (Å²) < 4.78 is 21.2. The van der Waals surface area contributed by atoms with E-state index in [0.717, 1.165) is 0 Å². The first-order valence-corrected chi connectivity index (χ1v) is 13.8. The summed E-state index contributed by atoms with van der Waals surface area (Å²) in [6, 6.07) is 14.1. The van der Waals surface area contributed by atoms with Crippen LogP contribution in [0.25, 0.3) is 21.8 Å². The number of aromatic nitrogens is 5. The molecule has 4 heterocycles. The maximum absolute atomic E-state index is 14.2. The number of esters is 1. The Hall–Kier alpha value is -4.94. The summed E-state index contributed by atoms with van der Waals surface area (Å²) in [6.07, 6.45) is 2.01. The molecule has 3 aromatic heterocycles.